The van der Waals surface area contributed by atoms with E-state index in [0.29, 0.717) is 10.8 Å². The highest BCUT2D eigenvalue weighted by Crippen LogP contribution is 2.24. The van der Waals surface area contributed by atoms with E-state index in [2.05, 4.69) is 9.97 Å². The summed E-state index contributed by atoms with van der Waals surface area (Å²) in [5.74, 6) is 0.0102. The lowest BCUT2D eigenvalue weighted by Crippen LogP contribution is -2.10. The van der Waals surface area contributed by atoms with Crippen LogP contribution in [0.5, 0.6) is 0 Å². The molecule has 2 rings (SSSR count). The predicted molar refractivity (Wildman–Crippen MR) is 60.6 cm³/mol. The van der Waals surface area contributed by atoms with Crippen LogP contribution in [-0.2, 0) is 0 Å². The minimum Gasteiger partial charge on any atom is -0.439 e. The molecule has 5 nitrogen and oxygen atoms in total. The monoisotopic (exact) mass is 234 g/mol. The summed E-state index contributed by atoms with van der Waals surface area (Å²) in [4.78, 5) is 8.30. The normalized spacial score (nSPS) is 10.3. The molecule has 6 heteroatoms. The van der Waals surface area contributed by atoms with Gasteiger partial charge in [0.05, 0.1) is 5.69 Å². The van der Waals surface area contributed by atoms with E-state index in [1.54, 1.807) is 24.6 Å². The third-order valence-electron chi connectivity index (χ3n) is 1.84. The Morgan fingerprint density at radius 3 is 2.81 bits per heavy atom. The van der Waals surface area contributed by atoms with Crippen molar-refractivity contribution in [3.05, 3.63) is 35.9 Å². The number of hydrogen-bond acceptors (Lipinski definition) is 5. The molecular formula is C10H10N4OS. The van der Waals surface area contributed by atoms with Crippen LogP contribution in [0.25, 0.3) is 0 Å². The second-order valence-corrected chi connectivity index (χ2v) is 4.13. The second-order valence-electron chi connectivity index (χ2n) is 3.16. The lowest BCUT2D eigenvalue weighted by Gasteiger charge is -1.98. The van der Waals surface area contributed by atoms with Gasteiger partial charge in [0.1, 0.15) is 17.1 Å². The Labute approximate surface area is 96.6 Å². The molecule has 0 spiro atoms. The first-order chi connectivity index (χ1) is 7.65. The largest absolute Gasteiger partial charge is 0.439 e. The topological polar surface area (TPSA) is 88.8 Å². The van der Waals surface area contributed by atoms with E-state index in [9.17, 15) is 0 Å². The van der Waals surface area contributed by atoms with Crippen molar-refractivity contribution in [2.45, 2.75) is 17.2 Å². The fourth-order valence-electron chi connectivity index (χ4n) is 1.07. The first-order valence-electron chi connectivity index (χ1n) is 4.55. The van der Waals surface area contributed by atoms with Gasteiger partial charge < -0.3 is 10.2 Å². The molecule has 0 aromatic carbocycles. The van der Waals surface area contributed by atoms with Crippen molar-refractivity contribution in [1.29, 1.82) is 5.41 Å². The average molecular weight is 234 g/mol. The molecule has 0 aliphatic carbocycles. The van der Waals surface area contributed by atoms with Crippen molar-refractivity contribution in [1.82, 2.24) is 9.97 Å². The van der Waals surface area contributed by atoms with Gasteiger partial charge in [-0.1, -0.05) is 0 Å². The molecule has 0 amide bonds. The Hall–Kier alpha value is -1.82. The lowest BCUT2D eigenvalue weighted by atomic mass is 10.3. The van der Waals surface area contributed by atoms with E-state index in [1.807, 2.05) is 6.92 Å². The van der Waals surface area contributed by atoms with Crippen molar-refractivity contribution < 1.29 is 4.42 Å². The summed E-state index contributed by atoms with van der Waals surface area (Å²) in [6.07, 6.45) is 3.15. The number of hydrogen-bond donors (Lipinski definition) is 2. The van der Waals surface area contributed by atoms with Crippen LogP contribution in [0.4, 0.5) is 0 Å². The Morgan fingerprint density at radius 2 is 2.31 bits per heavy atom. The molecule has 0 radical (unpaired) electrons. The van der Waals surface area contributed by atoms with Crippen molar-refractivity contribution in [2.24, 2.45) is 5.73 Å². The minimum atomic E-state index is 0.0102. The third kappa shape index (κ3) is 2.40. The molecule has 0 saturated carbocycles. The lowest BCUT2D eigenvalue weighted by molar-refractivity contribution is 0.454. The SMILES string of the molecule is Cc1coc(Sc2ccc(C(=N)N)cn2)n1. The first-order valence-corrected chi connectivity index (χ1v) is 5.37. The summed E-state index contributed by atoms with van der Waals surface area (Å²) < 4.78 is 5.19. The quantitative estimate of drug-likeness (QED) is 0.624. The highest BCUT2D eigenvalue weighted by molar-refractivity contribution is 7.99. The van der Waals surface area contributed by atoms with E-state index < -0.39 is 0 Å². The number of nitrogens with zero attached hydrogens (tertiary/aromatic N) is 2. The molecule has 0 unspecified atom stereocenters. The maximum atomic E-state index is 7.23. The van der Waals surface area contributed by atoms with Gasteiger partial charge >= 0.3 is 0 Å². The van der Waals surface area contributed by atoms with E-state index in [4.69, 9.17) is 15.6 Å². The second kappa shape index (κ2) is 4.36. The molecule has 0 fully saturated rings. The molecule has 0 bridgehead atoms. The van der Waals surface area contributed by atoms with Gasteiger partial charge in [0, 0.05) is 11.8 Å². The van der Waals surface area contributed by atoms with Crippen LogP contribution in [0.2, 0.25) is 0 Å². The van der Waals surface area contributed by atoms with Crippen LogP contribution in [0, 0.1) is 12.3 Å². The van der Waals surface area contributed by atoms with Gasteiger partial charge in [-0.15, -0.1) is 0 Å². The predicted octanol–water partition coefficient (Wildman–Crippen LogP) is 1.81. The standard InChI is InChI=1S/C10H10N4OS/c1-6-5-15-10(14-6)16-8-3-2-7(4-13-8)9(11)12/h2-5H,1H3,(H3,11,12). The number of oxazole rings is 1. The Morgan fingerprint density at radius 1 is 1.50 bits per heavy atom. The van der Waals surface area contributed by atoms with Gasteiger partial charge in [0.2, 0.25) is 0 Å². The van der Waals surface area contributed by atoms with E-state index in [0.717, 1.165) is 10.7 Å². The average Bonchev–Trinajstić information content (AvgIpc) is 2.65. The van der Waals surface area contributed by atoms with Crippen LogP contribution >= 0.6 is 11.8 Å². The van der Waals surface area contributed by atoms with Crippen LogP contribution in [0.1, 0.15) is 11.3 Å². The molecule has 2 heterocycles. The highest BCUT2D eigenvalue weighted by atomic mass is 32.2. The molecule has 0 aliphatic rings. The molecule has 2 aromatic heterocycles. The highest BCUT2D eigenvalue weighted by Gasteiger charge is 2.05. The summed E-state index contributed by atoms with van der Waals surface area (Å²) >= 11 is 1.33. The first kappa shape index (κ1) is 10.7. The number of aromatic nitrogens is 2. The van der Waals surface area contributed by atoms with E-state index in [1.165, 1.54) is 11.8 Å². The molecule has 3 N–H and O–H groups in total. The van der Waals surface area contributed by atoms with E-state index in [-0.39, 0.29) is 5.84 Å². The Bertz CT molecular complexity index is 506. The minimum absolute atomic E-state index is 0.0102. The maximum Gasteiger partial charge on any atom is 0.262 e. The van der Waals surface area contributed by atoms with Crippen LogP contribution < -0.4 is 5.73 Å². The number of amidine groups is 1. The fraction of sp³-hybridized carbons (Fsp3) is 0.100. The molecule has 0 atom stereocenters. The zero-order valence-corrected chi connectivity index (χ0v) is 9.41. The van der Waals surface area contributed by atoms with Crippen LogP contribution in [0.3, 0.4) is 0 Å². The number of rotatable bonds is 3. The summed E-state index contributed by atoms with van der Waals surface area (Å²) in [5.41, 5.74) is 6.77. The van der Waals surface area contributed by atoms with Gasteiger partial charge in [-0.3, -0.25) is 5.41 Å². The number of nitrogens with two attached hydrogens (primary N) is 1. The molecule has 82 valence electrons. The van der Waals surface area contributed by atoms with Crippen molar-refractivity contribution in [2.75, 3.05) is 0 Å². The Balaban J connectivity index is 2.14. The fourth-order valence-corrected chi connectivity index (χ4v) is 1.77. The summed E-state index contributed by atoms with van der Waals surface area (Å²) in [6, 6.07) is 3.52. The van der Waals surface area contributed by atoms with E-state index >= 15 is 0 Å². The number of aryl methyl sites for hydroxylation is 1. The van der Waals surface area contributed by atoms with Crippen molar-refractivity contribution >= 4 is 17.6 Å². The number of nitrogen functional groups attached to an aromatic ring is 1. The zero-order chi connectivity index (χ0) is 11.5. The Kier molecular flexibility index (Phi) is 2.91. The molecule has 16 heavy (non-hydrogen) atoms. The van der Waals surface area contributed by atoms with Gasteiger partial charge in [-0.25, -0.2) is 9.97 Å². The van der Waals surface area contributed by atoms with Crippen LogP contribution in [-0.4, -0.2) is 15.8 Å². The zero-order valence-electron chi connectivity index (χ0n) is 8.60. The van der Waals surface area contributed by atoms with Gasteiger partial charge in [0.15, 0.2) is 0 Å². The third-order valence-corrected chi connectivity index (χ3v) is 2.65. The smallest absolute Gasteiger partial charge is 0.262 e. The molecular weight excluding hydrogens is 224 g/mol. The van der Waals surface area contributed by atoms with Gasteiger partial charge in [-0.05, 0) is 30.8 Å². The number of nitrogens with one attached hydrogen (secondary N) is 1. The van der Waals surface area contributed by atoms with Crippen LogP contribution in [0.15, 0.2) is 39.3 Å². The summed E-state index contributed by atoms with van der Waals surface area (Å²) in [6.45, 7) is 1.86. The maximum absolute atomic E-state index is 7.23. The summed E-state index contributed by atoms with van der Waals surface area (Å²) in [7, 11) is 0. The van der Waals surface area contributed by atoms with Gasteiger partial charge in [-0.2, -0.15) is 0 Å². The van der Waals surface area contributed by atoms with Crippen molar-refractivity contribution in [3.8, 4) is 0 Å². The molecule has 0 aliphatic heterocycles. The van der Waals surface area contributed by atoms with Gasteiger partial charge in [0.25, 0.3) is 5.22 Å². The van der Waals surface area contributed by atoms with Crippen molar-refractivity contribution in [3.63, 3.8) is 0 Å². The molecule has 0 saturated heterocycles. The summed E-state index contributed by atoms with van der Waals surface area (Å²) in [5, 5.41) is 8.54. The number of pyridine rings is 1. The molecule has 2 aromatic rings.